The summed E-state index contributed by atoms with van der Waals surface area (Å²) >= 11 is 9.17. The standard InChI is InChI=1S/C13H12BrClN2O2/c1-8-9(6-15)7-16-13(17-8)19-12-4-3-10(18-2)5-11(12)14/h3-5,7H,6H2,1-2H3. The monoisotopic (exact) mass is 342 g/mol. The first-order valence-electron chi connectivity index (χ1n) is 5.54. The Kier molecular flexibility index (Phi) is 4.61. The molecule has 0 bridgehead atoms. The van der Waals surface area contributed by atoms with Crippen molar-refractivity contribution in [2.45, 2.75) is 12.8 Å². The number of hydrogen-bond donors (Lipinski definition) is 0. The van der Waals surface area contributed by atoms with Gasteiger partial charge >= 0.3 is 6.01 Å². The average molecular weight is 344 g/mol. The Hall–Kier alpha value is -1.33. The zero-order valence-corrected chi connectivity index (χ0v) is 12.8. The molecule has 0 saturated heterocycles. The second-order valence-electron chi connectivity index (χ2n) is 3.80. The first-order chi connectivity index (χ1) is 9.13. The third kappa shape index (κ3) is 3.36. The molecule has 4 nitrogen and oxygen atoms in total. The van der Waals surface area contributed by atoms with Gasteiger partial charge in [-0.3, -0.25) is 0 Å². The number of halogens is 2. The summed E-state index contributed by atoms with van der Waals surface area (Å²) in [5.41, 5.74) is 1.70. The summed E-state index contributed by atoms with van der Waals surface area (Å²) < 4.78 is 11.5. The minimum Gasteiger partial charge on any atom is -0.497 e. The molecule has 0 fully saturated rings. The lowest BCUT2D eigenvalue weighted by Gasteiger charge is -2.08. The van der Waals surface area contributed by atoms with Crippen molar-refractivity contribution in [1.29, 1.82) is 0 Å². The maximum absolute atomic E-state index is 5.76. The van der Waals surface area contributed by atoms with E-state index in [0.29, 0.717) is 11.6 Å². The van der Waals surface area contributed by atoms with Crippen LogP contribution < -0.4 is 9.47 Å². The smallest absolute Gasteiger partial charge is 0.322 e. The van der Waals surface area contributed by atoms with Gasteiger partial charge in [0.1, 0.15) is 11.5 Å². The minimum atomic E-state index is 0.289. The SMILES string of the molecule is COc1ccc(Oc2ncc(CCl)c(C)n2)c(Br)c1. The minimum absolute atomic E-state index is 0.289. The zero-order valence-electron chi connectivity index (χ0n) is 10.5. The highest BCUT2D eigenvalue weighted by atomic mass is 79.9. The van der Waals surface area contributed by atoms with Gasteiger partial charge in [-0.25, -0.2) is 4.98 Å². The van der Waals surface area contributed by atoms with Crippen LogP contribution in [0, 0.1) is 6.92 Å². The molecule has 0 aliphatic heterocycles. The van der Waals surface area contributed by atoms with Crippen LogP contribution in [-0.2, 0) is 5.88 Å². The Bertz CT molecular complexity index is 593. The van der Waals surface area contributed by atoms with Crippen molar-refractivity contribution >= 4 is 27.5 Å². The fourth-order valence-electron chi connectivity index (χ4n) is 1.44. The quantitative estimate of drug-likeness (QED) is 0.784. The van der Waals surface area contributed by atoms with Gasteiger partial charge in [-0.1, -0.05) is 0 Å². The van der Waals surface area contributed by atoms with E-state index in [2.05, 4.69) is 25.9 Å². The predicted molar refractivity (Wildman–Crippen MR) is 77.1 cm³/mol. The van der Waals surface area contributed by atoms with Gasteiger partial charge in [-0.2, -0.15) is 4.98 Å². The van der Waals surface area contributed by atoms with E-state index in [1.54, 1.807) is 25.4 Å². The molecule has 0 atom stereocenters. The van der Waals surface area contributed by atoms with Crippen LogP contribution in [0.15, 0.2) is 28.9 Å². The summed E-state index contributed by atoms with van der Waals surface area (Å²) in [4.78, 5) is 8.37. The van der Waals surface area contributed by atoms with Crippen LogP contribution >= 0.6 is 27.5 Å². The molecule has 0 aliphatic carbocycles. The summed E-state index contributed by atoms with van der Waals surface area (Å²) in [6, 6.07) is 5.70. The van der Waals surface area contributed by atoms with Gasteiger partial charge in [-0.05, 0) is 41.1 Å². The van der Waals surface area contributed by atoms with Crippen LogP contribution in [0.5, 0.6) is 17.5 Å². The van der Waals surface area contributed by atoms with Gasteiger partial charge < -0.3 is 9.47 Å². The number of rotatable bonds is 4. The van der Waals surface area contributed by atoms with Gasteiger partial charge in [-0.15, -0.1) is 11.6 Å². The van der Waals surface area contributed by atoms with Crippen LogP contribution in [0.1, 0.15) is 11.3 Å². The Morgan fingerprint density at radius 3 is 2.74 bits per heavy atom. The topological polar surface area (TPSA) is 44.2 Å². The molecule has 19 heavy (non-hydrogen) atoms. The van der Waals surface area contributed by atoms with Gasteiger partial charge in [0.05, 0.1) is 17.5 Å². The molecule has 0 unspecified atom stereocenters. The van der Waals surface area contributed by atoms with Crippen LogP contribution in [0.25, 0.3) is 0 Å². The molecule has 0 spiro atoms. The van der Waals surface area contributed by atoms with Gasteiger partial charge in [0.25, 0.3) is 0 Å². The maximum Gasteiger partial charge on any atom is 0.322 e. The largest absolute Gasteiger partial charge is 0.497 e. The van der Waals surface area contributed by atoms with E-state index in [4.69, 9.17) is 21.1 Å². The maximum atomic E-state index is 5.76. The summed E-state index contributed by atoms with van der Waals surface area (Å²) in [7, 11) is 1.61. The highest BCUT2D eigenvalue weighted by Crippen LogP contribution is 2.31. The number of benzene rings is 1. The first-order valence-corrected chi connectivity index (χ1v) is 6.86. The molecule has 2 rings (SSSR count). The predicted octanol–water partition coefficient (Wildman–Crippen LogP) is 4.09. The molecule has 1 aromatic carbocycles. The zero-order chi connectivity index (χ0) is 13.8. The fourth-order valence-corrected chi connectivity index (χ4v) is 2.14. The summed E-state index contributed by atoms with van der Waals surface area (Å²) in [6.45, 7) is 1.87. The van der Waals surface area contributed by atoms with E-state index in [9.17, 15) is 0 Å². The molecular weight excluding hydrogens is 332 g/mol. The molecule has 0 radical (unpaired) electrons. The molecule has 0 N–H and O–H groups in total. The highest BCUT2D eigenvalue weighted by Gasteiger charge is 2.08. The fraction of sp³-hybridized carbons (Fsp3) is 0.231. The molecule has 0 amide bonds. The number of aryl methyl sites for hydroxylation is 1. The number of methoxy groups -OCH3 is 1. The van der Waals surface area contributed by atoms with Crippen LogP contribution in [0.2, 0.25) is 0 Å². The summed E-state index contributed by atoms with van der Waals surface area (Å²) in [5.74, 6) is 1.76. The van der Waals surface area contributed by atoms with E-state index in [1.165, 1.54) is 0 Å². The molecular formula is C13H12BrClN2O2. The lowest BCUT2D eigenvalue weighted by molar-refractivity contribution is 0.409. The van der Waals surface area contributed by atoms with Crippen molar-refractivity contribution in [3.63, 3.8) is 0 Å². The van der Waals surface area contributed by atoms with Crippen molar-refractivity contribution in [2.75, 3.05) is 7.11 Å². The Morgan fingerprint density at radius 2 is 2.16 bits per heavy atom. The normalized spacial score (nSPS) is 10.3. The second-order valence-corrected chi connectivity index (χ2v) is 4.92. The van der Waals surface area contributed by atoms with Crippen LogP contribution in [-0.4, -0.2) is 17.1 Å². The molecule has 0 saturated carbocycles. The third-order valence-corrected chi connectivity index (χ3v) is 3.45. The van der Waals surface area contributed by atoms with Crippen molar-refractivity contribution in [3.05, 3.63) is 40.1 Å². The van der Waals surface area contributed by atoms with Gasteiger partial charge in [0.15, 0.2) is 0 Å². The van der Waals surface area contributed by atoms with E-state index in [-0.39, 0.29) is 6.01 Å². The Labute approximate surface area is 124 Å². The van der Waals surface area contributed by atoms with Gasteiger partial charge in [0, 0.05) is 17.5 Å². The highest BCUT2D eigenvalue weighted by molar-refractivity contribution is 9.10. The summed E-state index contributed by atoms with van der Waals surface area (Å²) in [6.07, 6.45) is 1.67. The number of alkyl halides is 1. The number of aromatic nitrogens is 2. The van der Waals surface area contributed by atoms with Crippen molar-refractivity contribution in [2.24, 2.45) is 0 Å². The Morgan fingerprint density at radius 1 is 1.37 bits per heavy atom. The first kappa shape index (κ1) is 14.1. The Balaban J connectivity index is 2.23. The molecule has 1 aromatic heterocycles. The molecule has 100 valence electrons. The van der Waals surface area contributed by atoms with E-state index in [1.807, 2.05) is 13.0 Å². The third-order valence-electron chi connectivity index (χ3n) is 2.54. The van der Waals surface area contributed by atoms with Crippen LogP contribution in [0.3, 0.4) is 0 Å². The molecule has 0 aliphatic rings. The number of nitrogens with zero attached hydrogens (tertiary/aromatic N) is 2. The average Bonchev–Trinajstić information content (AvgIpc) is 2.41. The summed E-state index contributed by atoms with van der Waals surface area (Å²) in [5, 5.41) is 0. The molecule has 2 aromatic rings. The lowest BCUT2D eigenvalue weighted by atomic mass is 10.3. The van der Waals surface area contributed by atoms with Crippen molar-refractivity contribution in [1.82, 2.24) is 9.97 Å². The molecule has 1 heterocycles. The molecule has 6 heteroatoms. The number of ether oxygens (including phenoxy) is 2. The van der Waals surface area contributed by atoms with Crippen molar-refractivity contribution in [3.8, 4) is 17.5 Å². The van der Waals surface area contributed by atoms with E-state index >= 15 is 0 Å². The van der Waals surface area contributed by atoms with Crippen LogP contribution in [0.4, 0.5) is 0 Å². The lowest BCUT2D eigenvalue weighted by Crippen LogP contribution is -1.97. The van der Waals surface area contributed by atoms with E-state index in [0.717, 1.165) is 21.5 Å². The number of hydrogen-bond acceptors (Lipinski definition) is 4. The van der Waals surface area contributed by atoms with E-state index < -0.39 is 0 Å². The second kappa shape index (κ2) is 6.21. The van der Waals surface area contributed by atoms with Gasteiger partial charge in [0.2, 0.25) is 0 Å². The van der Waals surface area contributed by atoms with Crippen molar-refractivity contribution < 1.29 is 9.47 Å².